The molecule has 2 aromatic rings. The zero-order valence-electron chi connectivity index (χ0n) is 11.0. The van der Waals surface area contributed by atoms with Crippen LogP contribution < -0.4 is 11.6 Å². The fraction of sp³-hybridized carbons (Fsp3) is 0.308. The largest absolute Gasteiger partial charge is 0.382 e. The number of benzene rings is 1. The van der Waals surface area contributed by atoms with E-state index >= 15 is 0 Å². The van der Waals surface area contributed by atoms with Crippen molar-refractivity contribution >= 4 is 29.0 Å². The number of rotatable bonds is 1. The first-order valence-corrected chi connectivity index (χ1v) is 6.56. The van der Waals surface area contributed by atoms with Gasteiger partial charge in [0.2, 0.25) is 0 Å². The average molecular weight is 299 g/mol. The highest BCUT2D eigenvalue weighted by molar-refractivity contribution is 6.35. The second-order valence-electron chi connectivity index (χ2n) is 5.45. The Hall–Kier alpha value is -1.39. The van der Waals surface area contributed by atoms with E-state index in [-0.39, 0.29) is 5.41 Å². The van der Waals surface area contributed by atoms with E-state index in [1.807, 2.05) is 20.8 Å². The highest BCUT2D eigenvalue weighted by atomic mass is 35.5. The molecule has 0 aliphatic heterocycles. The molecule has 0 saturated carbocycles. The van der Waals surface area contributed by atoms with Gasteiger partial charge in [-0.05, 0) is 18.2 Å². The van der Waals surface area contributed by atoms with Gasteiger partial charge in [-0.25, -0.2) is 9.66 Å². The van der Waals surface area contributed by atoms with Gasteiger partial charge < -0.3 is 11.6 Å². The van der Waals surface area contributed by atoms with Crippen LogP contribution in [0.4, 0.5) is 5.82 Å². The third-order valence-corrected chi connectivity index (χ3v) is 3.19. The molecule has 0 aliphatic rings. The number of hydrogen-bond donors (Lipinski definition) is 2. The highest BCUT2D eigenvalue weighted by Gasteiger charge is 2.24. The van der Waals surface area contributed by atoms with Crippen molar-refractivity contribution in [3.63, 3.8) is 0 Å². The number of nitrogens with two attached hydrogens (primary N) is 2. The Morgan fingerprint density at radius 3 is 2.05 bits per heavy atom. The van der Waals surface area contributed by atoms with Crippen LogP contribution in [0.5, 0.6) is 0 Å². The average Bonchev–Trinajstić information content (AvgIpc) is 2.54. The summed E-state index contributed by atoms with van der Waals surface area (Å²) in [6.45, 7) is 6.06. The molecule has 0 spiro atoms. The minimum atomic E-state index is -0.205. The van der Waals surface area contributed by atoms with Crippen LogP contribution in [-0.4, -0.2) is 9.66 Å². The summed E-state index contributed by atoms with van der Waals surface area (Å²) in [7, 11) is 0. The van der Waals surface area contributed by atoms with Gasteiger partial charge in [-0.15, -0.1) is 0 Å². The van der Waals surface area contributed by atoms with Gasteiger partial charge in [0.05, 0.1) is 0 Å². The Kier molecular flexibility index (Phi) is 3.41. The predicted octanol–water partition coefficient (Wildman–Crippen LogP) is 3.45. The second-order valence-corrected chi connectivity index (χ2v) is 6.32. The summed E-state index contributed by atoms with van der Waals surface area (Å²) in [5.41, 5.74) is 7.17. The molecule has 19 heavy (non-hydrogen) atoms. The van der Waals surface area contributed by atoms with E-state index in [1.165, 1.54) is 4.68 Å². The van der Waals surface area contributed by atoms with Gasteiger partial charge in [0.15, 0.2) is 5.82 Å². The lowest BCUT2D eigenvalue weighted by molar-refractivity contribution is 0.532. The van der Waals surface area contributed by atoms with Gasteiger partial charge in [-0.2, -0.15) is 0 Å². The van der Waals surface area contributed by atoms with Crippen molar-refractivity contribution in [2.24, 2.45) is 0 Å². The van der Waals surface area contributed by atoms with E-state index in [9.17, 15) is 0 Å². The molecule has 1 heterocycles. The molecule has 2 rings (SSSR count). The molecule has 0 fully saturated rings. The summed E-state index contributed by atoms with van der Waals surface area (Å²) in [5.74, 6) is 7.06. The van der Waals surface area contributed by atoms with Crippen LogP contribution in [-0.2, 0) is 5.41 Å². The molecule has 1 aromatic carbocycles. The predicted molar refractivity (Wildman–Crippen MR) is 80.9 cm³/mol. The van der Waals surface area contributed by atoms with E-state index in [2.05, 4.69) is 4.98 Å². The summed E-state index contributed by atoms with van der Waals surface area (Å²) in [5, 5.41) is 1.07. The first kappa shape index (κ1) is 14.0. The van der Waals surface area contributed by atoms with Crippen molar-refractivity contribution in [1.29, 1.82) is 0 Å². The van der Waals surface area contributed by atoms with Gasteiger partial charge in [0.25, 0.3) is 0 Å². The second kappa shape index (κ2) is 4.62. The molecule has 0 unspecified atom stereocenters. The number of nitrogens with zero attached hydrogens (tertiary/aromatic N) is 2. The van der Waals surface area contributed by atoms with Crippen molar-refractivity contribution < 1.29 is 0 Å². The van der Waals surface area contributed by atoms with Crippen molar-refractivity contribution in [2.75, 3.05) is 11.6 Å². The quantitative estimate of drug-likeness (QED) is 0.792. The van der Waals surface area contributed by atoms with Crippen LogP contribution in [0.3, 0.4) is 0 Å². The Bertz CT molecular complexity index is 606. The van der Waals surface area contributed by atoms with Crippen LogP contribution in [0.1, 0.15) is 26.6 Å². The Morgan fingerprint density at radius 2 is 1.63 bits per heavy atom. The third kappa shape index (κ3) is 2.65. The summed E-state index contributed by atoms with van der Waals surface area (Å²) < 4.78 is 1.41. The van der Waals surface area contributed by atoms with Crippen LogP contribution in [0.2, 0.25) is 10.0 Å². The molecular formula is C13H16Cl2N4. The molecule has 102 valence electrons. The topological polar surface area (TPSA) is 69.9 Å². The van der Waals surface area contributed by atoms with Crippen LogP contribution in [0, 0.1) is 0 Å². The van der Waals surface area contributed by atoms with E-state index in [4.69, 9.17) is 34.8 Å². The molecule has 0 saturated heterocycles. The SMILES string of the molecule is CC(C)(C)c1nc(-c2cc(Cl)cc(Cl)c2)c(N)n1N. The lowest BCUT2D eigenvalue weighted by Crippen LogP contribution is -2.24. The smallest absolute Gasteiger partial charge is 0.150 e. The first-order valence-electron chi connectivity index (χ1n) is 5.80. The number of anilines is 1. The number of hydrogen-bond acceptors (Lipinski definition) is 3. The summed E-state index contributed by atoms with van der Waals surface area (Å²) in [6, 6.07) is 5.18. The van der Waals surface area contributed by atoms with E-state index in [0.717, 1.165) is 5.56 Å². The molecule has 0 amide bonds. The fourth-order valence-electron chi connectivity index (χ4n) is 1.88. The fourth-order valence-corrected chi connectivity index (χ4v) is 2.40. The molecule has 0 atom stereocenters. The maximum Gasteiger partial charge on any atom is 0.150 e. The Balaban J connectivity index is 2.64. The van der Waals surface area contributed by atoms with Gasteiger partial charge >= 0.3 is 0 Å². The number of halogens is 2. The number of aromatic nitrogens is 2. The molecule has 6 heteroatoms. The standard InChI is InChI=1S/C13H16Cl2N4/c1-13(2,3)12-18-10(11(16)19(12)17)7-4-8(14)6-9(15)5-7/h4-6H,16-17H2,1-3H3. The number of imidazole rings is 1. The Morgan fingerprint density at radius 1 is 1.11 bits per heavy atom. The minimum Gasteiger partial charge on any atom is -0.382 e. The van der Waals surface area contributed by atoms with Crippen molar-refractivity contribution in [3.8, 4) is 11.3 Å². The first-order chi connectivity index (χ1) is 8.70. The molecule has 0 aliphatic carbocycles. The van der Waals surface area contributed by atoms with Gasteiger partial charge in [-0.1, -0.05) is 44.0 Å². The highest BCUT2D eigenvalue weighted by Crippen LogP contribution is 2.33. The summed E-state index contributed by atoms with van der Waals surface area (Å²) in [6.07, 6.45) is 0. The van der Waals surface area contributed by atoms with E-state index < -0.39 is 0 Å². The van der Waals surface area contributed by atoms with Gasteiger partial charge in [-0.3, -0.25) is 0 Å². The van der Waals surface area contributed by atoms with E-state index in [1.54, 1.807) is 18.2 Å². The molecule has 4 N–H and O–H groups in total. The van der Waals surface area contributed by atoms with Crippen molar-refractivity contribution in [2.45, 2.75) is 26.2 Å². The molecule has 1 aromatic heterocycles. The van der Waals surface area contributed by atoms with Crippen molar-refractivity contribution in [3.05, 3.63) is 34.1 Å². The maximum atomic E-state index is 6.02. The molecule has 0 bridgehead atoms. The minimum absolute atomic E-state index is 0.205. The van der Waals surface area contributed by atoms with Crippen LogP contribution >= 0.6 is 23.2 Å². The number of nitrogen functional groups attached to an aromatic ring is 2. The maximum absolute atomic E-state index is 6.02. The zero-order valence-corrected chi connectivity index (χ0v) is 12.5. The lowest BCUT2D eigenvalue weighted by atomic mass is 9.96. The monoisotopic (exact) mass is 298 g/mol. The van der Waals surface area contributed by atoms with Gasteiger partial charge in [0.1, 0.15) is 11.5 Å². The Labute approximate surface area is 122 Å². The van der Waals surface area contributed by atoms with Crippen LogP contribution in [0.15, 0.2) is 18.2 Å². The van der Waals surface area contributed by atoms with E-state index in [0.29, 0.717) is 27.4 Å². The summed E-state index contributed by atoms with van der Waals surface area (Å²) >= 11 is 12.0. The molecule has 4 nitrogen and oxygen atoms in total. The van der Waals surface area contributed by atoms with Crippen LogP contribution in [0.25, 0.3) is 11.3 Å². The zero-order chi connectivity index (χ0) is 14.4. The third-order valence-electron chi connectivity index (χ3n) is 2.75. The van der Waals surface area contributed by atoms with Crippen molar-refractivity contribution in [1.82, 2.24) is 9.66 Å². The molecule has 0 radical (unpaired) electrons. The lowest BCUT2D eigenvalue weighted by Gasteiger charge is -2.17. The van der Waals surface area contributed by atoms with Gasteiger partial charge in [0, 0.05) is 21.0 Å². The normalized spacial score (nSPS) is 11.8. The summed E-state index contributed by atoms with van der Waals surface area (Å²) in [4.78, 5) is 4.53. The molecular weight excluding hydrogens is 283 g/mol.